The van der Waals surface area contributed by atoms with Crippen molar-refractivity contribution in [2.24, 2.45) is 10.9 Å². The lowest BCUT2D eigenvalue weighted by atomic mass is 10.2. The van der Waals surface area contributed by atoms with E-state index in [4.69, 9.17) is 10.6 Å². The van der Waals surface area contributed by atoms with Gasteiger partial charge in [0.1, 0.15) is 0 Å². The van der Waals surface area contributed by atoms with E-state index in [1.807, 2.05) is 42.5 Å². The summed E-state index contributed by atoms with van der Waals surface area (Å²) >= 11 is 1.51. The molecular formula is C21H17N3O4S. The summed E-state index contributed by atoms with van der Waals surface area (Å²) in [6.07, 6.45) is 0. The van der Waals surface area contributed by atoms with Gasteiger partial charge in [0.15, 0.2) is 5.84 Å². The molecule has 3 aromatic rings. The van der Waals surface area contributed by atoms with Crippen molar-refractivity contribution in [3.63, 3.8) is 0 Å². The van der Waals surface area contributed by atoms with E-state index in [0.29, 0.717) is 16.9 Å². The van der Waals surface area contributed by atoms with E-state index in [0.717, 1.165) is 10.5 Å². The molecular weight excluding hydrogens is 390 g/mol. The zero-order chi connectivity index (χ0) is 20.6. The number of nitrogens with zero attached hydrogens (tertiary/aromatic N) is 2. The fraction of sp³-hybridized carbons (Fsp3) is 0.0476. The van der Waals surface area contributed by atoms with Gasteiger partial charge in [0, 0.05) is 28.3 Å². The largest absolute Gasteiger partial charge is 0.380 e. The van der Waals surface area contributed by atoms with Crippen LogP contribution in [0.2, 0.25) is 0 Å². The number of oxime groups is 1. The quantitative estimate of drug-likeness (QED) is 0.156. The maximum Gasteiger partial charge on any atom is 0.366 e. The van der Waals surface area contributed by atoms with Gasteiger partial charge in [0.2, 0.25) is 0 Å². The van der Waals surface area contributed by atoms with Crippen LogP contribution in [0.15, 0.2) is 88.9 Å². The molecule has 0 unspecified atom stereocenters. The van der Waals surface area contributed by atoms with Crippen LogP contribution in [0, 0.1) is 10.1 Å². The maximum absolute atomic E-state index is 12.5. The Bertz CT molecular complexity index is 1050. The molecule has 0 aliphatic rings. The number of amidine groups is 1. The zero-order valence-corrected chi connectivity index (χ0v) is 16.0. The van der Waals surface area contributed by atoms with Crippen LogP contribution in [-0.2, 0) is 10.6 Å². The van der Waals surface area contributed by atoms with Gasteiger partial charge in [-0.25, -0.2) is 4.79 Å². The number of carbonyl (C=O) groups is 1. The summed E-state index contributed by atoms with van der Waals surface area (Å²) in [5.41, 5.74) is 7.47. The minimum absolute atomic E-state index is 0.128. The smallest absolute Gasteiger partial charge is 0.366 e. The van der Waals surface area contributed by atoms with E-state index in [1.165, 1.54) is 30.0 Å². The molecule has 29 heavy (non-hydrogen) atoms. The molecule has 0 fully saturated rings. The first kappa shape index (κ1) is 20.1. The second kappa shape index (κ2) is 9.52. The molecule has 0 amide bonds. The van der Waals surface area contributed by atoms with Crippen molar-refractivity contribution in [2.75, 3.05) is 0 Å². The van der Waals surface area contributed by atoms with Gasteiger partial charge in [-0.1, -0.05) is 59.8 Å². The Balaban J connectivity index is 1.71. The molecule has 2 N–H and O–H groups in total. The molecule has 0 spiro atoms. The van der Waals surface area contributed by atoms with Crippen LogP contribution in [0.3, 0.4) is 0 Å². The molecule has 8 heteroatoms. The van der Waals surface area contributed by atoms with Gasteiger partial charge in [-0.3, -0.25) is 10.1 Å². The van der Waals surface area contributed by atoms with Crippen molar-refractivity contribution in [3.8, 4) is 0 Å². The zero-order valence-electron chi connectivity index (χ0n) is 15.2. The van der Waals surface area contributed by atoms with Crippen molar-refractivity contribution < 1.29 is 14.6 Å². The molecule has 3 rings (SSSR count). The Morgan fingerprint density at radius 3 is 2.52 bits per heavy atom. The predicted molar refractivity (Wildman–Crippen MR) is 112 cm³/mol. The second-order valence-electron chi connectivity index (χ2n) is 5.93. The molecule has 0 aromatic heterocycles. The molecule has 0 aliphatic heterocycles. The first-order valence-electron chi connectivity index (χ1n) is 8.60. The number of nitrogens with two attached hydrogens (primary N) is 1. The second-order valence-corrected chi connectivity index (χ2v) is 6.95. The number of non-ortho nitro benzene ring substituents is 1. The third-order valence-electron chi connectivity index (χ3n) is 3.92. The lowest BCUT2D eigenvalue weighted by molar-refractivity contribution is -0.384. The number of benzene rings is 3. The van der Waals surface area contributed by atoms with E-state index in [-0.39, 0.29) is 11.5 Å². The van der Waals surface area contributed by atoms with Crippen LogP contribution in [-0.4, -0.2) is 16.7 Å². The fourth-order valence-electron chi connectivity index (χ4n) is 2.47. The summed E-state index contributed by atoms with van der Waals surface area (Å²) < 4.78 is 0. The lowest BCUT2D eigenvalue weighted by Crippen LogP contribution is -2.15. The van der Waals surface area contributed by atoms with E-state index >= 15 is 0 Å². The van der Waals surface area contributed by atoms with E-state index < -0.39 is 10.9 Å². The molecule has 0 heterocycles. The van der Waals surface area contributed by atoms with Crippen molar-refractivity contribution >= 4 is 29.3 Å². The number of hydrogen-bond acceptors (Lipinski definition) is 6. The maximum atomic E-state index is 12.5. The topological polar surface area (TPSA) is 108 Å². The Morgan fingerprint density at radius 2 is 1.76 bits per heavy atom. The fourth-order valence-corrected chi connectivity index (χ4v) is 3.46. The number of nitro benzene ring substituents is 1. The minimum atomic E-state index is -0.658. The van der Waals surface area contributed by atoms with E-state index in [9.17, 15) is 14.9 Å². The molecule has 3 aromatic carbocycles. The number of rotatable bonds is 7. The molecule has 0 radical (unpaired) electrons. The minimum Gasteiger partial charge on any atom is -0.380 e. The number of nitro groups is 1. The Kier molecular flexibility index (Phi) is 6.59. The average molecular weight is 407 g/mol. The summed E-state index contributed by atoms with van der Waals surface area (Å²) in [5, 5.41) is 14.5. The highest BCUT2D eigenvalue weighted by molar-refractivity contribution is 7.98. The van der Waals surface area contributed by atoms with Crippen LogP contribution >= 0.6 is 11.8 Å². The van der Waals surface area contributed by atoms with Gasteiger partial charge in [0.05, 0.1) is 10.5 Å². The number of carbonyl (C=O) groups excluding carboxylic acids is 1. The van der Waals surface area contributed by atoms with Crippen molar-refractivity contribution in [3.05, 3.63) is 106 Å². The molecule has 7 nitrogen and oxygen atoms in total. The highest BCUT2D eigenvalue weighted by Gasteiger charge is 2.14. The Hall–Kier alpha value is -3.65. The molecule has 0 aliphatic carbocycles. The lowest BCUT2D eigenvalue weighted by Gasteiger charge is -2.07. The Labute approximate surface area is 171 Å². The van der Waals surface area contributed by atoms with E-state index in [1.54, 1.807) is 18.2 Å². The summed E-state index contributed by atoms with van der Waals surface area (Å²) in [5.74, 6) is -0.0875. The first-order valence-corrected chi connectivity index (χ1v) is 9.58. The monoisotopic (exact) mass is 407 g/mol. The van der Waals surface area contributed by atoms with Gasteiger partial charge in [-0.05, 0) is 17.7 Å². The molecule has 146 valence electrons. The van der Waals surface area contributed by atoms with Gasteiger partial charge in [-0.15, -0.1) is 11.8 Å². The number of hydrogen-bond donors (Lipinski definition) is 1. The third-order valence-corrected chi connectivity index (χ3v) is 5.07. The van der Waals surface area contributed by atoms with Gasteiger partial charge in [-0.2, -0.15) is 0 Å². The summed E-state index contributed by atoms with van der Waals surface area (Å²) in [4.78, 5) is 28.5. The molecule has 0 atom stereocenters. The van der Waals surface area contributed by atoms with Crippen LogP contribution in [0.25, 0.3) is 0 Å². The predicted octanol–water partition coefficient (Wildman–Crippen LogP) is 4.36. The van der Waals surface area contributed by atoms with Crippen LogP contribution in [0.1, 0.15) is 21.5 Å². The molecule has 0 saturated carbocycles. The van der Waals surface area contributed by atoms with Gasteiger partial charge < -0.3 is 10.6 Å². The van der Waals surface area contributed by atoms with Crippen LogP contribution < -0.4 is 5.73 Å². The average Bonchev–Trinajstić information content (AvgIpc) is 2.76. The van der Waals surface area contributed by atoms with Gasteiger partial charge >= 0.3 is 5.97 Å². The third kappa shape index (κ3) is 5.43. The normalized spacial score (nSPS) is 11.1. The first-order chi connectivity index (χ1) is 14.0. The van der Waals surface area contributed by atoms with Crippen molar-refractivity contribution in [1.29, 1.82) is 0 Å². The highest BCUT2D eigenvalue weighted by atomic mass is 32.2. The highest BCUT2D eigenvalue weighted by Crippen LogP contribution is 2.27. The van der Waals surface area contributed by atoms with Gasteiger partial charge in [0.25, 0.3) is 5.69 Å². The van der Waals surface area contributed by atoms with Crippen LogP contribution in [0.5, 0.6) is 0 Å². The summed E-state index contributed by atoms with van der Waals surface area (Å²) in [6.45, 7) is 0. The molecule has 0 bridgehead atoms. The van der Waals surface area contributed by atoms with E-state index in [2.05, 4.69) is 5.16 Å². The van der Waals surface area contributed by atoms with Crippen LogP contribution in [0.4, 0.5) is 5.69 Å². The van der Waals surface area contributed by atoms with Crippen molar-refractivity contribution in [2.45, 2.75) is 10.6 Å². The SMILES string of the molecule is N/C(=N/OC(=O)c1ccccc1SCc1ccccc1)c1cccc([N+](=O)[O-])c1. The summed E-state index contributed by atoms with van der Waals surface area (Å²) in [7, 11) is 0. The standard InChI is InChI=1S/C21H17N3O4S/c22-20(16-9-6-10-17(13-16)24(26)27)23-28-21(25)18-11-4-5-12-19(18)29-14-15-7-2-1-3-8-15/h1-13H,14H2,(H2,22,23). The number of thioether (sulfide) groups is 1. The molecule has 0 saturated heterocycles. The van der Waals surface area contributed by atoms with Crippen molar-refractivity contribution in [1.82, 2.24) is 0 Å². The Morgan fingerprint density at radius 1 is 1.03 bits per heavy atom. The summed E-state index contributed by atoms with van der Waals surface area (Å²) in [6, 6.07) is 22.6.